The number of carbonyl (C=O) groups excluding carboxylic acids is 1. The Labute approximate surface area is 88.1 Å². The lowest BCUT2D eigenvalue weighted by atomic mass is 9.84. The monoisotopic (exact) mass is 212 g/mol. The third-order valence-corrected chi connectivity index (χ3v) is 2.58. The molecule has 3 heteroatoms. The SMILES string of the molecule is CC(=O)c1ccc(C(C)(C)C(F)F)cc1. The number of rotatable bonds is 3. The van der Waals surface area contributed by atoms with Crippen molar-refractivity contribution >= 4 is 5.78 Å². The standard InChI is InChI=1S/C12H14F2O/c1-8(15)9-4-6-10(7-5-9)12(2,3)11(13)14/h4-7,11H,1-3H3. The molecule has 0 heterocycles. The van der Waals surface area contributed by atoms with Crippen LogP contribution in [0.3, 0.4) is 0 Å². The van der Waals surface area contributed by atoms with Crippen molar-refractivity contribution in [3.63, 3.8) is 0 Å². The number of halogens is 2. The maximum absolute atomic E-state index is 12.7. The third-order valence-electron chi connectivity index (χ3n) is 2.58. The Kier molecular flexibility index (Phi) is 3.22. The average molecular weight is 212 g/mol. The van der Waals surface area contributed by atoms with Crippen LogP contribution in [-0.4, -0.2) is 12.2 Å². The third kappa shape index (κ3) is 2.41. The molecule has 0 N–H and O–H groups in total. The Morgan fingerprint density at radius 1 is 1.20 bits per heavy atom. The van der Waals surface area contributed by atoms with Crippen molar-refractivity contribution in [3.05, 3.63) is 35.4 Å². The predicted molar refractivity (Wildman–Crippen MR) is 55.5 cm³/mol. The lowest BCUT2D eigenvalue weighted by Gasteiger charge is -2.24. The molecule has 0 aliphatic rings. The van der Waals surface area contributed by atoms with E-state index in [1.165, 1.54) is 20.8 Å². The quantitative estimate of drug-likeness (QED) is 0.701. The van der Waals surface area contributed by atoms with E-state index in [2.05, 4.69) is 0 Å². The zero-order valence-electron chi connectivity index (χ0n) is 9.05. The van der Waals surface area contributed by atoms with Crippen LogP contribution in [0.4, 0.5) is 8.78 Å². The molecule has 0 bridgehead atoms. The highest BCUT2D eigenvalue weighted by molar-refractivity contribution is 5.94. The van der Waals surface area contributed by atoms with Gasteiger partial charge in [0.15, 0.2) is 5.78 Å². The van der Waals surface area contributed by atoms with Crippen LogP contribution >= 0.6 is 0 Å². The summed E-state index contributed by atoms with van der Waals surface area (Å²) >= 11 is 0. The molecule has 1 aromatic carbocycles. The second-order valence-electron chi connectivity index (χ2n) is 4.16. The molecule has 0 amide bonds. The molecular weight excluding hydrogens is 198 g/mol. The minimum absolute atomic E-state index is 0.0589. The molecule has 0 atom stereocenters. The van der Waals surface area contributed by atoms with Gasteiger partial charge >= 0.3 is 0 Å². The first-order valence-electron chi connectivity index (χ1n) is 4.75. The molecule has 0 saturated heterocycles. The smallest absolute Gasteiger partial charge is 0.247 e. The van der Waals surface area contributed by atoms with E-state index in [-0.39, 0.29) is 5.78 Å². The maximum atomic E-state index is 12.7. The Morgan fingerprint density at radius 3 is 2.00 bits per heavy atom. The van der Waals surface area contributed by atoms with Crippen LogP contribution in [0.5, 0.6) is 0 Å². The van der Waals surface area contributed by atoms with Crippen LogP contribution in [0, 0.1) is 0 Å². The molecular formula is C12H14F2O. The highest BCUT2D eigenvalue weighted by Crippen LogP contribution is 2.30. The maximum Gasteiger partial charge on any atom is 0.247 e. The molecule has 0 aliphatic heterocycles. The van der Waals surface area contributed by atoms with Crippen LogP contribution < -0.4 is 0 Å². The molecule has 0 aromatic heterocycles. The van der Waals surface area contributed by atoms with Gasteiger partial charge in [0.2, 0.25) is 6.43 Å². The van der Waals surface area contributed by atoms with Crippen molar-refractivity contribution in [3.8, 4) is 0 Å². The summed E-state index contributed by atoms with van der Waals surface area (Å²) in [5, 5.41) is 0. The van der Waals surface area contributed by atoms with E-state index >= 15 is 0 Å². The first-order valence-corrected chi connectivity index (χ1v) is 4.75. The van der Waals surface area contributed by atoms with E-state index in [4.69, 9.17) is 0 Å². The van der Waals surface area contributed by atoms with Crippen LogP contribution in [0.1, 0.15) is 36.7 Å². The second kappa shape index (κ2) is 4.09. The number of hydrogen-bond donors (Lipinski definition) is 0. The van der Waals surface area contributed by atoms with Gasteiger partial charge in [0, 0.05) is 5.56 Å². The Balaban J connectivity index is 3.04. The van der Waals surface area contributed by atoms with Gasteiger partial charge in [-0.05, 0) is 12.5 Å². The van der Waals surface area contributed by atoms with Gasteiger partial charge in [0.05, 0.1) is 5.41 Å². The molecule has 0 radical (unpaired) electrons. The number of benzene rings is 1. The summed E-state index contributed by atoms with van der Waals surface area (Å²) in [7, 11) is 0. The van der Waals surface area contributed by atoms with Crippen LogP contribution in [0.15, 0.2) is 24.3 Å². The first kappa shape index (κ1) is 11.8. The molecule has 1 nitrogen and oxygen atoms in total. The highest BCUT2D eigenvalue weighted by Gasteiger charge is 2.31. The Morgan fingerprint density at radius 2 is 1.67 bits per heavy atom. The highest BCUT2D eigenvalue weighted by atomic mass is 19.3. The minimum atomic E-state index is -2.42. The van der Waals surface area contributed by atoms with E-state index < -0.39 is 11.8 Å². The Hall–Kier alpha value is -1.25. The fourth-order valence-electron chi connectivity index (χ4n) is 1.26. The van der Waals surface area contributed by atoms with Crippen LogP contribution in [0.25, 0.3) is 0 Å². The number of hydrogen-bond acceptors (Lipinski definition) is 1. The zero-order valence-corrected chi connectivity index (χ0v) is 9.05. The molecule has 0 aliphatic carbocycles. The van der Waals surface area contributed by atoms with Crippen molar-refractivity contribution in [2.75, 3.05) is 0 Å². The first-order chi connectivity index (χ1) is 6.85. The van der Waals surface area contributed by atoms with E-state index in [9.17, 15) is 13.6 Å². The molecule has 1 rings (SSSR count). The van der Waals surface area contributed by atoms with E-state index in [0.717, 1.165) is 0 Å². The fourth-order valence-corrected chi connectivity index (χ4v) is 1.26. The van der Waals surface area contributed by atoms with Gasteiger partial charge in [-0.3, -0.25) is 4.79 Å². The summed E-state index contributed by atoms with van der Waals surface area (Å²) in [6.07, 6.45) is -2.42. The van der Waals surface area contributed by atoms with Crippen LogP contribution in [0.2, 0.25) is 0 Å². The topological polar surface area (TPSA) is 17.1 Å². The lowest BCUT2D eigenvalue weighted by Crippen LogP contribution is -2.26. The molecule has 15 heavy (non-hydrogen) atoms. The normalized spacial score (nSPS) is 11.9. The molecule has 0 spiro atoms. The molecule has 1 aromatic rings. The molecule has 0 fully saturated rings. The average Bonchev–Trinajstić information content (AvgIpc) is 2.17. The number of carbonyl (C=O) groups is 1. The summed E-state index contributed by atoms with van der Waals surface area (Å²) in [4.78, 5) is 11.0. The van der Waals surface area contributed by atoms with Gasteiger partial charge < -0.3 is 0 Å². The fraction of sp³-hybridized carbons (Fsp3) is 0.417. The van der Waals surface area contributed by atoms with Crippen molar-refractivity contribution in [2.45, 2.75) is 32.6 Å². The Bertz CT molecular complexity index is 352. The van der Waals surface area contributed by atoms with Crippen molar-refractivity contribution in [2.24, 2.45) is 0 Å². The van der Waals surface area contributed by atoms with Gasteiger partial charge in [-0.15, -0.1) is 0 Å². The van der Waals surface area contributed by atoms with Gasteiger partial charge in [0.25, 0.3) is 0 Å². The number of alkyl halides is 2. The minimum Gasteiger partial charge on any atom is -0.295 e. The van der Waals surface area contributed by atoms with Gasteiger partial charge in [-0.2, -0.15) is 0 Å². The van der Waals surface area contributed by atoms with E-state index in [1.54, 1.807) is 24.3 Å². The van der Waals surface area contributed by atoms with Gasteiger partial charge in [0.1, 0.15) is 0 Å². The van der Waals surface area contributed by atoms with Gasteiger partial charge in [-0.25, -0.2) is 8.78 Å². The number of ketones is 1. The summed E-state index contributed by atoms with van der Waals surface area (Å²) in [6.45, 7) is 4.42. The van der Waals surface area contributed by atoms with Crippen molar-refractivity contribution < 1.29 is 13.6 Å². The lowest BCUT2D eigenvalue weighted by molar-refractivity contribution is 0.0694. The molecule has 0 unspecified atom stereocenters. The summed E-state index contributed by atoms with van der Waals surface area (Å²) < 4.78 is 25.4. The zero-order chi connectivity index (χ0) is 11.6. The summed E-state index contributed by atoms with van der Waals surface area (Å²) in [6, 6.07) is 6.34. The second-order valence-corrected chi connectivity index (χ2v) is 4.16. The number of Topliss-reactive ketones (excluding diaryl/α,β-unsaturated/α-hetero) is 1. The largest absolute Gasteiger partial charge is 0.295 e. The predicted octanol–water partition coefficient (Wildman–Crippen LogP) is 3.43. The summed E-state index contributed by atoms with van der Waals surface area (Å²) in [5.74, 6) is -0.0589. The molecule has 82 valence electrons. The van der Waals surface area contributed by atoms with E-state index in [0.29, 0.717) is 11.1 Å². The van der Waals surface area contributed by atoms with Crippen molar-refractivity contribution in [1.82, 2.24) is 0 Å². The van der Waals surface area contributed by atoms with Gasteiger partial charge in [-0.1, -0.05) is 38.1 Å². The van der Waals surface area contributed by atoms with Crippen LogP contribution in [-0.2, 0) is 5.41 Å². The van der Waals surface area contributed by atoms with Crippen molar-refractivity contribution in [1.29, 1.82) is 0 Å². The van der Waals surface area contributed by atoms with E-state index in [1.807, 2.05) is 0 Å². The summed E-state index contributed by atoms with van der Waals surface area (Å²) in [5.41, 5.74) is -0.0821. The molecule has 0 saturated carbocycles.